The molecule has 0 saturated heterocycles. The second kappa shape index (κ2) is 8.88. The van der Waals surface area contributed by atoms with Crippen molar-refractivity contribution in [2.45, 2.75) is 32.4 Å². The van der Waals surface area contributed by atoms with Crippen LogP contribution in [0.5, 0.6) is 5.75 Å². The summed E-state index contributed by atoms with van der Waals surface area (Å²) < 4.78 is 8.54. The Bertz CT molecular complexity index is 861. The van der Waals surface area contributed by atoms with Crippen molar-refractivity contribution in [3.05, 3.63) is 48.3 Å². The number of aromatic nitrogens is 7. The fourth-order valence-electron chi connectivity index (χ4n) is 2.76. The molecule has 0 spiro atoms. The molecule has 3 aromatic rings. The van der Waals surface area contributed by atoms with Gasteiger partial charge in [-0.1, -0.05) is 12.1 Å². The van der Waals surface area contributed by atoms with Gasteiger partial charge in [0, 0.05) is 19.5 Å². The number of benzene rings is 1. The molecule has 3 rings (SSSR count). The number of nitrogens with zero attached hydrogens (tertiary/aromatic N) is 7. The fourth-order valence-corrected chi connectivity index (χ4v) is 2.76. The zero-order valence-electron chi connectivity index (χ0n) is 15.3. The minimum absolute atomic E-state index is 0.133. The second-order valence-electron chi connectivity index (χ2n) is 6.05. The first kappa shape index (κ1) is 18.5. The van der Waals surface area contributed by atoms with E-state index in [-0.39, 0.29) is 5.91 Å². The van der Waals surface area contributed by atoms with Gasteiger partial charge < -0.3 is 10.1 Å². The number of carbonyl (C=O) groups excluding carboxylic acids is 1. The van der Waals surface area contributed by atoms with Crippen molar-refractivity contribution in [1.29, 1.82) is 0 Å². The number of hydrogen-bond donors (Lipinski definition) is 1. The van der Waals surface area contributed by atoms with Crippen molar-refractivity contribution < 1.29 is 9.53 Å². The van der Waals surface area contributed by atoms with E-state index in [1.165, 1.54) is 6.33 Å². The van der Waals surface area contributed by atoms with Crippen molar-refractivity contribution in [1.82, 2.24) is 40.3 Å². The predicted octanol–water partition coefficient (Wildman–Crippen LogP) is 0.572. The van der Waals surface area contributed by atoms with E-state index in [1.54, 1.807) is 29.7 Å². The summed E-state index contributed by atoms with van der Waals surface area (Å²) in [7, 11) is 1.61. The highest BCUT2D eigenvalue weighted by molar-refractivity contribution is 5.80. The number of amides is 1. The van der Waals surface area contributed by atoms with Crippen molar-refractivity contribution in [2.24, 2.45) is 0 Å². The molecule has 1 amide bonds. The van der Waals surface area contributed by atoms with Crippen LogP contribution in [0.25, 0.3) is 0 Å². The number of rotatable bonds is 9. The third-order valence-electron chi connectivity index (χ3n) is 4.15. The van der Waals surface area contributed by atoms with Crippen LogP contribution in [0, 0.1) is 6.92 Å². The van der Waals surface area contributed by atoms with Gasteiger partial charge in [0.2, 0.25) is 5.91 Å². The van der Waals surface area contributed by atoms with Crippen LogP contribution < -0.4 is 10.1 Å². The Morgan fingerprint density at radius 1 is 1.37 bits per heavy atom. The Morgan fingerprint density at radius 2 is 2.26 bits per heavy atom. The van der Waals surface area contributed by atoms with Gasteiger partial charge in [-0.3, -0.25) is 9.48 Å². The lowest BCUT2D eigenvalue weighted by Gasteiger charge is -2.18. The molecular formula is C17H22N8O2. The van der Waals surface area contributed by atoms with Gasteiger partial charge in [-0.2, -0.15) is 5.10 Å². The van der Waals surface area contributed by atoms with Crippen molar-refractivity contribution >= 4 is 5.91 Å². The van der Waals surface area contributed by atoms with Crippen LogP contribution in [0.1, 0.15) is 23.9 Å². The summed E-state index contributed by atoms with van der Waals surface area (Å²) in [6.45, 7) is 2.98. The summed E-state index contributed by atoms with van der Waals surface area (Å²) in [6, 6.07) is 7.08. The number of ether oxygens (including phenoxy) is 1. The monoisotopic (exact) mass is 370 g/mol. The molecule has 0 saturated carbocycles. The fraction of sp³-hybridized carbons (Fsp3) is 0.412. The maximum atomic E-state index is 12.8. The quantitative estimate of drug-likeness (QED) is 0.548. The average Bonchev–Trinajstić information content (AvgIpc) is 3.35. The summed E-state index contributed by atoms with van der Waals surface area (Å²) in [4.78, 5) is 16.7. The number of methoxy groups -OCH3 is 1. The molecule has 0 aliphatic rings. The molecule has 0 radical (unpaired) electrons. The number of nitrogens with one attached hydrogen (secondary N) is 1. The predicted molar refractivity (Wildman–Crippen MR) is 95.9 cm³/mol. The van der Waals surface area contributed by atoms with E-state index in [9.17, 15) is 4.79 Å². The number of tetrazole rings is 1. The molecule has 0 bridgehead atoms. The van der Waals surface area contributed by atoms with E-state index < -0.39 is 6.04 Å². The lowest BCUT2D eigenvalue weighted by Crippen LogP contribution is -2.35. The van der Waals surface area contributed by atoms with Crippen LogP contribution in [0.3, 0.4) is 0 Å². The Morgan fingerprint density at radius 3 is 2.96 bits per heavy atom. The van der Waals surface area contributed by atoms with Gasteiger partial charge in [0.15, 0.2) is 0 Å². The molecule has 10 heteroatoms. The number of hydrogen-bond acceptors (Lipinski definition) is 7. The highest BCUT2D eigenvalue weighted by atomic mass is 16.5. The van der Waals surface area contributed by atoms with Crippen LogP contribution in [0.15, 0.2) is 36.9 Å². The van der Waals surface area contributed by atoms with Crippen LogP contribution in [0.2, 0.25) is 0 Å². The zero-order chi connectivity index (χ0) is 19.1. The third kappa shape index (κ3) is 4.87. The molecule has 0 fully saturated rings. The van der Waals surface area contributed by atoms with Crippen LogP contribution in [0.4, 0.5) is 0 Å². The van der Waals surface area contributed by atoms with E-state index in [1.807, 2.05) is 24.3 Å². The zero-order valence-corrected chi connectivity index (χ0v) is 15.3. The van der Waals surface area contributed by atoms with Crippen molar-refractivity contribution in [3.8, 4) is 5.75 Å². The lowest BCUT2D eigenvalue weighted by atomic mass is 10.0. The molecule has 2 aromatic heterocycles. The molecule has 10 nitrogen and oxygen atoms in total. The molecule has 1 N–H and O–H groups in total. The molecule has 1 atom stereocenters. The van der Waals surface area contributed by atoms with Gasteiger partial charge in [-0.05, 0) is 41.5 Å². The normalized spacial score (nSPS) is 11.9. The minimum atomic E-state index is -0.543. The van der Waals surface area contributed by atoms with Gasteiger partial charge in [0.1, 0.15) is 30.3 Å². The number of carbonyl (C=O) groups is 1. The Hall–Kier alpha value is -3.30. The Labute approximate surface area is 156 Å². The van der Waals surface area contributed by atoms with Crippen LogP contribution >= 0.6 is 0 Å². The molecule has 2 heterocycles. The van der Waals surface area contributed by atoms with Gasteiger partial charge in [0.05, 0.1) is 7.11 Å². The minimum Gasteiger partial charge on any atom is -0.497 e. The van der Waals surface area contributed by atoms with E-state index >= 15 is 0 Å². The van der Waals surface area contributed by atoms with Gasteiger partial charge in [0.25, 0.3) is 0 Å². The first-order valence-electron chi connectivity index (χ1n) is 8.65. The smallest absolute Gasteiger partial charge is 0.245 e. The molecule has 0 aliphatic heterocycles. The molecule has 1 unspecified atom stereocenters. The van der Waals surface area contributed by atoms with Crippen LogP contribution in [-0.2, 0) is 17.8 Å². The standard InChI is InChI=1S/C17H22N8O2/c1-13-21-22-23-25(13)16(10-14-5-3-6-15(9-14)27-2)17(26)19-7-4-8-24-12-18-11-20-24/h3,5-6,9,11-12,16H,4,7-8,10H2,1-2H3,(H,19,26). The highest BCUT2D eigenvalue weighted by Gasteiger charge is 2.24. The van der Waals surface area contributed by atoms with Gasteiger partial charge >= 0.3 is 0 Å². The molecule has 0 aliphatic carbocycles. The molecule has 142 valence electrons. The first-order valence-corrected chi connectivity index (χ1v) is 8.65. The van der Waals surface area contributed by atoms with E-state index in [0.717, 1.165) is 17.7 Å². The van der Waals surface area contributed by atoms with Gasteiger partial charge in [-0.15, -0.1) is 5.10 Å². The number of aryl methyl sites for hydroxylation is 2. The second-order valence-corrected chi connectivity index (χ2v) is 6.05. The van der Waals surface area contributed by atoms with E-state index in [2.05, 4.69) is 30.9 Å². The summed E-state index contributed by atoms with van der Waals surface area (Å²) in [5, 5.41) is 18.6. The summed E-state index contributed by atoms with van der Waals surface area (Å²) in [6.07, 6.45) is 4.34. The highest BCUT2D eigenvalue weighted by Crippen LogP contribution is 2.19. The Kier molecular flexibility index (Phi) is 6.08. The summed E-state index contributed by atoms with van der Waals surface area (Å²) >= 11 is 0. The maximum absolute atomic E-state index is 12.8. The first-order chi connectivity index (χ1) is 13.2. The largest absolute Gasteiger partial charge is 0.497 e. The topological polar surface area (TPSA) is 113 Å². The molecular weight excluding hydrogens is 348 g/mol. The molecule has 1 aromatic carbocycles. The lowest BCUT2D eigenvalue weighted by molar-refractivity contribution is -0.124. The van der Waals surface area contributed by atoms with Crippen LogP contribution in [-0.4, -0.2) is 54.5 Å². The maximum Gasteiger partial charge on any atom is 0.245 e. The summed E-state index contributed by atoms with van der Waals surface area (Å²) in [5.41, 5.74) is 0.965. The van der Waals surface area contributed by atoms with E-state index in [4.69, 9.17) is 4.74 Å². The van der Waals surface area contributed by atoms with Gasteiger partial charge in [-0.25, -0.2) is 9.67 Å². The van der Waals surface area contributed by atoms with Crippen molar-refractivity contribution in [2.75, 3.05) is 13.7 Å². The Balaban J connectivity index is 1.65. The van der Waals surface area contributed by atoms with Crippen molar-refractivity contribution in [3.63, 3.8) is 0 Å². The third-order valence-corrected chi connectivity index (χ3v) is 4.15. The van der Waals surface area contributed by atoms with E-state index in [0.29, 0.717) is 25.3 Å². The molecule has 27 heavy (non-hydrogen) atoms. The average molecular weight is 370 g/mol. The SMILES string of the molecule is COc1cccc(CC(C(=O)NCCCn2cncn2)n2nnnc2C)c1. The summed E-state index contributed by atoms with van der Waals surface area (Å²) in [5.74, 6) is 1.19.